The van der Waals surface area contributed by atoms with Crippen molar-refractivity contribution >= 4 is 11.6 Å². The molecule has 25 heavy (non-hydrogen) atoms. The molecule has 1 aliphatic rings. The summed E-state index contributed by atoms with van der Waals surface area (Å²) in [4.78, 5) is 11.3. The van der Waals surface area contributed by atoms with Gasteiger partial charge in [-0.1, -0.05) is 30.3 Å². The maximum absolute atomic E-state index is 4.48. The number of rotatable bonds is 5. The molecule has 1 aromatic carbocycles. The fourth-order valence-electron chi connectivity index (χ4n) is 3.90. The van der Waals surface area contributed by atoms with Crippen molar-refractivity contribution in [2.75, 3.05) is 11.4 Å². The summed E-state index contributed by atoms with van der Waals surface area (Å²) in [5.41, 5.74) is 2.44. The van der Waals surface area contributed by atoms with Crippen LogP contribution in [-0.4, -0.2) is 32.2 Å². The number of piperidine rings is 1. The molecule has 0 N–H and O–H groups in total. The standard InChI is InChI=1S/C20H25N5/c1-16-14-19(25-20(23-16)21-15-22-25)24-13-6-5-11-18(24)12-7-10-17-8-3-2-4-9-17/h2-4,8-9,14-15,18H,5-7,10-13H2,1H3/t18-/m1/s1. The zero-order valence-electron chi connectivity index (χ0n) is 14.8. The Balaban J connectivity index is 1.51. The van der Waals surface area contributed by atoms with E-state index >= 15 is 0 Å². The summed E-state index contributed by atoms with van der Waals surface area (Å²) in [6, 6.07) is 13.5. The van der Waals surface area contributed by atoms with Gasteiger partial charge in [-0.25, -0.2) is 4.98 Å². The van der Waals surface area contributed by atoms with E-state index in [-0.39, 0.29) is 0 Å². The zero-order valence-corrected chi connectivity index (χ0v) is 14.8. The summed E-state index contributed by atoms with van der Waals surface area (Å²) in [5, 5.41) is 4.40. The van der Waals surface area contributed by atoms with Crippen LogP contribution in [0.1, 0.15) is 43.4 Å². The van der Waals surface area contributed by atoms with Gasteiger partial charge in [0.25, 0.3) is 5.78 Å². The average Bonchev–Trinajstić information content (AvgIpc) is 3.11. The van der Waals surface area contributed by atoms with Gasteiger partial charge in [0.2, 0.25) is 0 Å². The second kappa shape index (κ2) is 7.21. The lowest BCUT2D eigenvalue weighted by Gasteiger charge is -2.37. The van der Waals surface area contributed by atoms with Gasteiger partial charge < -0.3 is 4.90 Å². The molecular weight excluding hydrogens is 310 g/mol. The molecule has 4 rings (SSSR count). The van der Waals surface area contributed by atoms with E-state index in [4.69, 9.17) is 0 Å². The molecule has 5 heteroatoms. The van der Waals surface area contributed by atoms with Crippen molar-refractivity contribution in [3.8, 4) is 0 Å². The maximum atomic E-state index is 4.48. The molecule has 3 heterocycles. The first-order valence-electron chi connectivity index (χ1n) is 9.29. The Morgan fingerprint density at radius 3 is 2.92 bits per heavy atom. The third kappa shape index (κ3) is 3.50. The van der Waals surface area contributed by atoms with Gasteiger partial charge in [0.1, 0.15) is 12.1 Å². The Bertz CT molecular complexity index is 826. The first-order valence-corrected chi connectivity index (χ1v) is 9.29. The van der Waals surface area contributed by atoms with Crippen LogP contribution in [0.3, 0.4) is 0 Å². The summed E-state index contributed by atoms with van der Waals surface area (Å²) in [7, 11) is 0. The van der Waals surface area contributed by atoms with E-state index in [2.05, 4.69) is 56.4 Å². The first kappa shape index (κ1) is 16.1. The molecule has 0 saturated carbocycles. The highest BCUT2D eigenvalue weighted by atomic mass is 15.4. The van der Waals surface area contributed by atoms with Crippen LogP contribution in [0, 0.1) is 6.92 Å². The predicted octanol–water partition coefficient (Wildman–Crippen LogP) is 3.81. The van der Waals surface area contributed by atoms with Crippen LogP contribution in [0.4, 0.5) is 5.82 Å². The number of hydrogen-bond acceptors (Lipinski definition) is 4. The second-order valence-corrected chi connectivity index (χ2v) is 6.95. The number of aryl methyl sites for hydroxylation is 2. The fourth-order valence-corrected chi connectivity index (χ4v) is 3.90. The minimum absolute atomic E-state index is 0.576. The molecule has 0 amide bonds. The van der Waals surface area contributed by atoms with Gasteiger partial charge in [-0.15, -0.1) is 0 Å². The van der Waals surface area contributed by atoms with E-state index in [1.807, 2.05) is 11.4 Å². The summed E-state index contributed by atoms with van der Waals surface area (Å²) >= 11 is 0. The minimum atomic E-state index is 0.576. The van der Waals surface area contributed by atoms with Crippen molar-refractivity contribution in [2.24, 2.45) is 0 Å². The van der Waals surface area contributed by atoms with E-state index in [1.54, 1.807) is 6.33 Å². The van der Waals surface area contributed by atoms with Crippen LogP contribution in [0.15, 0.2) is 42.7 Å². The summed E-state index contributed by atoms with van der Waals surface area (Å²) in [5.74, 6) is 1.84. The molecule has 1 fully saturated rings. The largest absolute Gasteiger partial charge is 0.353 e. The molecule has 3 aromatic rings. The normalized spacial score (nSPS) is 18.0. The first-order chi connectivity index (χ1) is 12.3. The lowest BCUT2D eigenvalue weighted by atomic mass is 9.96. The highest BCUT2D eigenvalue weighted by molar-refractivity contribution is 5.48. The van der Waals surface area contributed by atoms with E-state index in [1.165, 1.54) is 37.7 Å². The fraction of sp³-hybridized carbons (Fsp3) is 0.450. The molecule has 5 nitrogen and oxygen atoms in total. The topological polar surface area (TPSA) is 46.3 Å². The van der Waals surface area contributed by atoms with Crippen molar-refractivity contribution in [2.45, 2.75) is 51.5 Å². The van der Waals surface area contributed by atoms with Crippen LogP contribution in [-0.2, 0) is 6.42 Å². The van der Waals surface area contributed by atoms with E-state index in [0.29, 0.717) is 11.8 Å². The van der Waals surface area contributed by atoms with Gasteiger partial charge in [0.15, 0.2) is 0 Å². The highest BCUT2D eigenvalue weighted by Crippen LogP contribution is 2.28. The SMILES string of the molecule is Cc1cc(N2CCCC[C@@H]2CCCc2ccccc2)n2ncnc2n1. The summed E-state index contributed by atoms with van der Waals surface area (Å²) in [6.07, 6.45) is 9.00. The quantitative estimate of drug-likeness (QED) is 0.711. The van der Waals surface area contributed by atoms with Crippen molar-refractivity contribution in [1.29, 1.82) is 0 Å². The van der Waals surface area contributed by atoms with Gasteiger partial charge in [0, 0.05) is 24.3 Å². The Kier molecular flexibility index (Phi) is 4.63. The molecule has 2 aromatic heterocycles. The number of nitrogens with zero attached hydrogens (tertiary/aromatic N) is 5. The highest BCUT2D eigenvalue weighted by Gasteiger charge is 2.25. The molecule has 0 spiro atoms. The van der Waals surface area contributed by atoms with Gasteiger partial charge >= 0.3 is 0 Å². The number of benzene rings is 1. The molecule has 1 aliphatic heterocycles. The number of anilines is 1. The molecule has 0 bridgehead atoms. The third-order valence-corrected chi connectivity index (χ3v) is 5.13. The van der Waals surface area contributed by atoms with Gasteiger partial charge in [0.05, 0.1) is 0 Å². The Morgan fingerprint density at radius 1 is 1.16 bits per heavy atom. The average molecular weight is 335 g/mol. The lowest BCUT2D eigenvalue weighted by Crippen LogP contribution is -2.41. The van der Waals surface area contributed by atoms with Crippen molar-refractivity contribution in [3.05, 3.63) is 54.0 Å². The Morgan fingerprint density at radius 2 is 2.04 bits per heavy atom. The van der Waals surface area contributed by atoms with Crippen molar-refractivity contribution in [3.63, 3.8) is 0 Å². The van der Waals surface area contributed by atoms with Gasteiger partial charge in [-0.2, -0.15) is 14.6 Å². The van der Waals surface area contributed by atoms with Gasteiger partial charge in [-0.3, -0.25) is 0 Å². The molecule has 0 radical (unpaired) electrons. The smallest absolute Gasteiger partial charge is 0.254 e. The zero-order chi connectivity index (χ0) is 17.1. The van der Waals surface area contributed by atoms with Gasteiger partial charge in [-0.05, 0) is 51.0 Å². The van der Waals surface area contributed by atoms with Crippen LogP contribution < -0.4 is 4.90 Å². The van der Waals surface area contributed by atoms with Crippen LogP contribution in [0.25, 0.3) is 5.78 Å². The predicted molar refractivity (Wildman–Crippen MR) is 99.9 cm³/mol. The molecule has 1 saturated heterocycles. The van der Waals surface area contributed by atoms with E-state index in [9.17, 15) is 0 Å². The van der Waals surface area contributed by atoms with E-state index in [0.717, 1.165) is 24.5 Å². The van der Waals surface area contributed by atoms with Crippen LogP contribution in [0.2, 0.25) is 0 Å². The Hall–Kier alpha value is -2.43. The lowest BCUT2D eigenvalue weighted by molar-refractivity contribution is 0.424. The monoisotopic (exact) mass is 335 g/mol. The number of hydrogen-bond donors (Lipinski definition) is 0. The number of aromatic nitrogens is 4. The van der Waals surface area contributed by atoms with Crippen molar-refractivity contribution in [1.82, 2.24) is 19.6 Å². The molecule has 130 valence electrons. The van der Waals surface area contributed by atoms with Crippen molar-refractivity contribution < 1.29 is 0 Å². The van der Waals surface area contributed by atoms with Crippen LogP contribution >= 0.6 is 0 Å². The minimum Gasteiger partial charge on any atom is -0.353 e. The summed E-state index contributed by atoms with van der Waals surface area (Å²) in [6.45, 7) is 3.13. The van der Waals surface area contributed by atoms with Crippen LogP contribution in [0.5, 0.6) is 0 Å². The molecule has 1 atom stereocenters. The second-order valence-electron chi connectivity index (χ2n) is 6.95. The summed E-state index contributed by atoms with van der Waals surface area (Å²) < 4.78 is 1.89. The Labute approximate surface area is 148 Å². The molecule has 0 aliphatic carbocycles. The van der Waals surface area contributed by atoms with E-state index < -0.39 is 0 Å². The molecule has 0 unspecified atom stereocenters. The maximum Gasteiger partial charge on any atom is 0.254 e. The molecular formula is C20H25N5. The number of fused-ring (bicyclic) bond motifs is 1. The third-order valence-electron chi connectivity index (χ3n) is 5.13.